The van der Waals surface area contributed by atoms with E-state index in [9.17, 15) is 4.79 Å². The summed E-state index contributed by atoms with van der Waals surface area (Å²) >= 11 is 0. The minimum Gasteiger partial charge on any atom is -0.387 e. The van der Waals surface area contributed by atoms with Crippen molar-refractivity contribution in [2.24, 2.45) is 11.1 Å². The monoisotopic (exact) mass is 387 g/mol. The first-order valence-corrected chi connectivity index (χ1v) is 10.8. The molecular formula is C21H42ClN3O. The highest BCUT2D eigenvalue weighted by Crippen LogP contribution is 2.45. The van der Waals surface area contributed by atoms with Gasteiger partial charge in [-0.1, -0.05) is 90.4 Å². The van der Waals surface area contributed by atoms with Crippen molar-refractivity contribution in [2.75, 3.05) is 6.54 Å². The van der Waals surface area contributed by atoms with Gasteiger partial charge in [-0.25, -0.2) is 0 Å². The Bertz CT molecular complexity index is 383. The highest BCUT2D eigenvalue weighted by molar-refractivity contribution is 6.08. The van der Waals surface area contributed by atoms with Gasteiger partial charge in [0.05, 0.1) is 0 Å². The van der Waals surface area contributed by atoms with Gasteiger partial charge in [-0.3, -0.25) is 10.2 Å². The van der Waals surface area contributed by atoms with Crippen LogP contribution in [0.2, 0.25) is 0 Å². The number of nitrogens with two attached hydrogens (primary N) is 1. The smallest absolute Gasteiger partial charge is 0.233 e. The molecule has 1 amide bonds. The summed E-state index contributed by atoms with van der Waals surface area (Å²) in [5.41, 5.74) is 4.87. The van der Waals surface area contributed by atoms with Crippen LogP contribution in [0.5, 0.6) is 0 Å². The molecule has 1 fully saturated rings. The van der Waals surface area contributed by atoms with Gasteiger partial charge in [-0.2, -0.15) is 0 Å². The normalized spacial score (nSPS) is 14.5. The predicted octanol–water partition coefficient (Wildman–Crippen LogP) is 5.72. The van der Waals surface area contributed by atoms with E-state index in [4.69, 9.17) is 11.1 Å². The fourth-order valence-corrected chi connectivity index (χ4v) is 3.43. The first-order valence-electron chi connectivity index (χ1n) is 10.8. The molecule has 4 nitrogen and oxygen atoms in total. The van der Waals surface area contributed by atoms with Crippen LogP contribution in [0.3, 0.4) is 0 Å². The van der Waals surface area contributed by atoms with E-state index < -0.39 is 5.41 Å². The molecule has 1 rings (SSSR count). The second kappa shape index (κ2) is 15.3. The lowest BCUT2D eigenvalue weighted by Gasteiger charge is -2.13. The van der Waals surface area contributed by atoms with Crippen molar-refractivity contribution in [3.63, 3.8) is 0 Å². The van der Waals surface area contributed by atoms with Crippen molar-refractivity contribution in [1.29, 1.82) is 5.41 Å². The van der Waals surface area contributed by atoms with E-state index in [0.717, 1.165) is 25.8 Å². The van der Waals surface area contributed by atoms with Crippen LogP contribution in [0.4, 0.5) is 0 Å². The van der Waals surface area contributed by atoms with Crippen molar-refractivity contribution in [1.82, 2.24) is 5.32 Å². The van der Waals surface area contributed by atoms with E-state index in [0.29, 0.717) is 0 Å². The van der Waals surface area contributed by atoms with E-state index in [2.05, 4.69) is 12.2 Å². The Hall–Kier alpha value is -0.770. The highest BCUT2D eigenvalue weighted by atomic mass is 35.5. The van der Waals surface area contributed by atoms with E-state index in [1.54, 1.807) is 0 Å². The Morgan fingerprint density at radius 2 is 1.23 bits per heavy atom. The summed E-state index contributed by atoms with van der Waals surface area (Å²) in [6.07, 6.45) is 20.3. The standard InChI is InChI=1S/C21H41N3O.ClH/c1-2-3-4-5-6-7-8-9-10-11-12-13-14-15-18-24-20(25)21(16-17-21)19(22)23;/h2-18H2,1H3,(H3,22,23)(H,24,25);1H. The molecule has 5 heteroatoms. The van der Waals surface area contributed by atoms with Crippen molar-refractivity contribution < 1.29 is 4.79 Å². The number of hydrogen-bond acceptors (Lipinski definition) is 2. The first kappa shape index (κ1) is 25.2. The number of hydrogen-bond donors (Lipinski definition) is 3. The summed E-state index contributed by atoms with van der Waals surface area (Å²) in [5.74, 6) is 0.000605. The van der Waals surface area contributed by atoms with Gasteiger partial charge in [0.25, 0.3) is 0 Å². The van der Waals surface area contributed by atoms with E-state index >= 15 is 0 Å². The molecule has 0 aliphatic heterocycles. The molecular weight excluding hydrogens is 346 g/mol. The molecule has 1 saturated carbocycles. The van der Waals surface area contributed by atoms with Gasteiger partial charge in [0.1, 0.15) is 11.3 Å². The molecule has 0 aromatic heterocycles. The fourth-order valence-electron chi connectivity index (χ4n) is 3.43. The van der Waals surface area contributed by atoms with Crippen LogP contribution in [-0.4, -0.2) is 18.3 Å². The third-order valence-corrected chi connectivity index (χ3v) is 5.52. The maximum Gasteiger partial charge on any atom is 0.233 e. The molecule has 1 aliphatic rings. The second-order valence-electron chi connectivity index (χ2n) is 7.85. The highest BCUT2D eigenvalue weighted by Gasteiger charge is 2.52. The number of carbonyl (C=O) groups is 1. The number of carbonyl (C=O) groups excluding carboxylic acids is 1. The molecule has 0 unspecified atom stereocenters. The molecule has 0 bridgehead atoms. The van der Waals surface area contributed by atoms with Gasteiger partial charge in [0.2, 0.25) is 5.91 Å². The van der Waals surface area contributed by atoms with Gasteiger partial charge in [-0.15, -0.1) is 12.4 Å². The molecule has 0 spiro atoms. The maximum atomic E-state index is 12.0. The summed E-state index contributed by atoms with van der Waals surface area (Å²) < 4.78 is 0. The second-order valence-corrected chi connectivity index (χ2v) is 7.85. The molecule has 0 radical (unpaired) electrons. The largest absolute Gasteiger partial charge is 0.387 e. The van der Waals surface area contributed by atoms with Crippen molar-refractivity contribution in [3.8, 4) is 0 Å². The summed E-state index contributed by atoms with van der Waals surface area (Å²) in [7, 11) is 0. The zero-order valence-electron chi connectivity index (χ0n) is 16.9. The van der Waals surface area contributed by atoms with E-state index in [-0.39, 0.29) is 24.1 Å². The fraction of sp³-hybridized carbons (Fsp3) is 0.905. The first-order chi connectivity index (χ1) is 12.1. The van der Waals surface area contributed by atoms with Crippen LogP contribution in [0.1, 0.15) is 110 Å². The third-order valence-electron chi connectivity index (χ3n) is 5.52. The quantitative estimate of drug-likeness (QED) is 0.169. The topological polar surface area (TPSA) is 79.0 Å². The number of nitrogens with one attached hydrogen (secondary N) is 2. The zero-order chi connectivity index (χ0) is 18.4. The lowest BCUT2D eigenvalue weighted by atomic mass is 10.0. The lowest BCUT2D eigenvalue weighted by Crippen LogP contribution is -2.40. The Labute approximate surface area is 167 Å². The number of unbranched alkanes of at least 4 members (excludes halogenated alkanes) is 13. The summed E-state index contributed by atoms with van der Waals surface area (Å²) in [4.78, 5) is 12.0. The van der Waals surface area contributed by atoms with Crippen LogP contribution in [0.25, 0.3) is 0 Å². The molecule has 26 heavy (non-hydrogen) atoms. The Balaban J connectivity index is 0.00000625. The molecule has 154 valence electrons. The molecule has 0 atom stereocenters. The van der Waals surface area contributed by atoms with Gasteiger partial charge < -0.3 is 11.1 Å². The molecule has 0 saturated heterocycles. The van der Waals surface area contributed by atoms with Gasteiger partial charge in [0.15, 0.2) is 0 Å². The molecule has 1 aliphatic carbocycles. The summed E-state index contributed by atoms with van der Waals surface area (Å²) in [5, 5.41) is 10.4. The Morgan fingerprint density at radius 3 is 1.58 bits per heavy atom. The van der Waals surface area contributed by atoms with Crippen LogP contribution in [0.15, 0.2) is 0 Å². The summed E-state index contributed by atoms with van der Waals surface area (Å²) in [6.45, 7) is 3.00. The number of amides is 1. The van der Waals surface area contributed by atoms with Crippen molar-refractivity contribution in [2.45, 2.75) is 110 Å². The Morgan fingerprint density at radius 1 is 0.846 bits per heavy atom. The van der Waals surface area contributed by atoms with E-state index in [1.807, 2.05) is 0 Å². The molecule has 0 aromatic rings. The van der Waals surface area contributed by atoms with Crippen LogP contribution in [0, 0.1) is 10.8 Å². The van der Waals surface area contributed by atoms with Crippen LogP contribution in [-0.2, 0) is 4.79 Å². The maximum absolute atomic E-state index is 12.0. The average Bonchev–Trinajstić information content (AvgIpc) is 3.40. The minimum atomic E-state index is -0.643. The van der Waals surface area contributed by atoms with Gasteiger partial charge in [-0.05, 0) is 19.3 Å². The van der Waals surface area contributed by atoms with Gasteiger partial charge >= 0.3 is 0 Å². The van der Waals surface area contributed by atoms with E-state index in [1.165, 1.54) is 83.5 Å². The minimum absolute atomic E-state index is 0. The Kier molecular flexibility index (Phi) is 14.9. The predicted molar refractivity (Wildman–Crippen MR) is 114 cm³/mol. The average molecular weight is 388 g/mol. The summed E-state index contributed by atoms with van der Waals surface area (Å²) in [6, 6.07) is 0. The molecule has 0 aromatic carbocycles. The molecule has 4 N–H and O–H groups in total. The number of amidine groups is 1. The van der Waals surface area contributed by atoms with Gasteiger partial charge in [0, 0.05) is 6.54 Å². The van der Waals surface area contributed by atoms with Crippen molar-refractivity contribution >= 4 is 24.1 Å². The van der Waals surface area contributed by atoms with Crippen LogP contribution < -0.4 is 11.1 Å². The number of rotatable bonds is 17. The SMILES string of the molecule is CCCCCCCCCCCCCCCCNC(=O)C1(C(=N)N)CC1.Cl. The zero-order valence-corrected chi connectivity index (χ0v) is 17.7. The number of halogens is 1. The third kappa shape index (κ3) is 10.4. The lowest BCUT2D eigenvalue weighted by molar-refractivity contribution is -0.124. The van der Waals surface area contributed by atoms with Crippen molar-refractivity contribution in [3.05, 3.63) is 0 Å². The van der Waals surface area contributed by atoms with Crippen LogP contribution >= 0.6 is 12.4 Å². The molecule has 0 heterocycles.